The van der Waals surface area contributed by atoms with Gasteiger partial charge in [0.25, 0.3) is 0 Å². The lowest BCUT2D eigenvalue weighted by Crippen LogP contribution is -2.19. The summed E-state index contributed by atoms with van der Waals surface area (Å²) < 4.78 is 6.39. The molecular weight excluding hydrogens is 384 g/mol. The van der Waals surface area contributed by atoms with Crippen LogP contribution in [-0.2, 0) is 12.8 Å². The largest absolute Gasteiger partial charge is 0.437 e. The Morgan fingerprint density at radius 1 is 1.06 bits per heavy atom. The lowest BCUT2D eigenvalue weighted by atomic mass is 9.81. The molecule has 0 amide bonds. The maximum absolute atomic E-state index is 10.3. The second-order valence-electron chi connectivity index (χ2n) is 8.07. The van der Waals surface area contributed by atoms with Crippen LogP contribution in [-0.4, -0.2) is 9.97 Å². The SMILES string of the molecule is N#CC1=C(c2c[nH]c3ccccc23)Oc2nc3c(c(N)c2C1c1ccccc1)CCC3. The van der Waals surface area contributed by atoms with Crippen molar-refractivity contribution in [3.8, 4) is 11.9 Å². The molecule has 0 radical (unpaired) electrons. The second-order valence-corrected chi connectivity index (χ2v) is 8.07. The molecule has 4 aromatic rings. The molecule has 5 heteroatoms. The fraction of sp³-hybridized carbons (Fsp3) is 0.154. The fourth-order valence-corrected chi connectivity index (χ4v) is 4.94. The number of nitrogens with two attached hydrogens (primary N) is 1. The van der Waals surface area contributed by atoms with Gasteiger partial charge in [-0.15, -0.1) is 0 Å². The predicted octanol–water partition coefficient (Wildman–Crippen LogP) is 5.09. The van der Waals surface area contributed by atoms with Gasteiger partial charge in [0, 0.05) is 34.0 Å². The number of hydrogen-bond acceptors (Lipinski definition) is 4. The Bertz CT molecular complexity index is 1410. The van der Waals surface area contributed by atoms with E-state index in [2.05, 4.69) is 11.1 Å². The normalized spacial score (nSPS) is 17.2. The highest BCUT2D eigenvalue weighted by Crippen LogP contribution is 2.49. The van der Waals surface area contributed by atoms with E-state index in [0.717, 1.165) is 63.8 Å². The number of hydrogen-bond donors (Lipinski definition) is 2. The lowest BCUT2D eigenvalue weighted by Gasteiger charge is -2.29. The van der Waals surface area contributed by atoms with Crippen LogP contribution in [0.15, 0.2) is 66.4 Å². The van der Waals surface area contributed by atoms with Crippen molar-refractivity contribution < 1.29 is 4.74 Å². The number of pyridine rings is 1. The van der Waals surface area contributed by atoms with E-state index in [9.17, 15) is 5.26 Å². The number of nitrogens with zero attached hydrogens (tertiary/aromatic N) is 2. The molecule has 5 nitrogen and oxygen atoms in total. The summed E-state index contributed by atoms with van der Waals surface area (Å²) in [4.78, 5) is 8.18. The monoisotopic (exact) mass is 404 g/mol. The maximum atomic E-state index is 10.3. The van der Waals surface area contributed by atoms with Crippen LogP contribution in [0.25, 0.3) is 16.7 Å². The van der Waals surface area contributed by atoms with E-state index in [1.54, 1.807) is 0 Å². The number of para-hydroxylation sites is 1. The van der Waals surface area contributed by atoms with Gasteiger partial charge in [-0.1, -0.05) is 48.5 Å². The molecular formula is C26H20N4O. The number of ether oxygens (including phenoxy) is 1. The highest BCUT2D eigenvalue weighted by molar-refractivity contribution is 5.94. The zero-order valence-electron chi connectivity index (χ0n) is 16.9. The molecule has 1 atom stereocenters. The van der Waals surface area contributed by atoms with Crippen LogP contribution in [0.4, 0.5) is 5.69 Å². The Labute approximate surface area is 179 Å². The molecule has 2 aromatic heterocycles. The molecule has 0 saturated heterocycles. The Balaban J connectivity index is 1.66. The number of anilines is 1. The summed E-state index contributed by atoms with van der Waals surface area (Å²) in [5.41, 5.74) is 13.8. The van der Waals surface area contributed by atoms with Crippen molar-refractivity contribution in [2.75, 3.05) is 5.73 Å². The number of nitriles is 1. The van der Waals surface area contributed by atoms with Crippen molar-refractivity contribution in [1.29, 1.82) is 5.26 Å². The number of aromatic nitrogens is 2. The summed E-state index contributed by atoms with van der Waals surface area (Å²) in [6.45, 7) is 0. The van der Waals surface area contributed by atoms with Gasteiger partial charge in [-0.05, 0) is 36.5 Å². The first-order valence-corrected chi connectivity index (χ1v) is 10.5. The summed E-state index contributed by atoms with van der Waals surface area (Å²) in [5.74, 6) is 0.745. The number of nitrogen functional groups attached to an aromatic ring is 1. The Kier molecular flexibility index (Phi) is 3.87. The Morgan fingerprint density at radius 2 is 1.87 bits per heavy atom. The fourth-order valence-electron chi connectivity index (χ4n) is 4.94. The zero-order valence-corrected chi connectivity index (χ0v) is 16.9. The van der Waals surface area contributed by atoms with Crippen molar-refractivity contribution >= 4 is 22.3 Å². The first-order valence-electron chi connectivity index (χ1n) is 10.5. The van der Waals surface area contributed by atoms with Crippen LogP contribution < -0.4 is 10.5 Å². The molecule has 1 aliphatic heterocycles. The number of benzene rings is 2. The second kappa shape index (κ2) is 6.75. The number of fused-ring (bicyclic) bond motifs is 3. The highest BCUT2D eigenvalue weighted by atomic mass is 16.5. The molecule has 6 rings (SSSR count). The lowest BCUT2D eigenvalue weighted by molar-refractivity contribution is 0.466. The summed E-state index contributed by atoms with van der Waals surface area (Å²) >= 11 is 0. The van der Waals surface area contributed by atoms with Gasteiger partial charge >= 0.3 is 0 Å². The molecule has 31 heavy (non-hydrogen) atoms. The minimum Gasteiger partial charge on any atom is -0.437 e. The number of rotatable bonds is 2. The summed E-state index contributed by atoms with van der Waals surface area (Å²) in [6.07, 6.45) is 4.77. The van der Waals surface area contributed by atoms with Crippen molar-refractivity contribution in [1.82, 2.24) is 9.97 Å². The summed E-state index contributed by atoms with van der Waals surface area (Å²) in [5, 5.41) is 11.3. The van der Waals surface area contributed by atoms with Crippen molar-refractivity contribution in [3.63, 3.8) is 0 Å². The molecule has 0 fully saturated rings. The van der Waals surface area contributed by atoms with E-state index in [4.69, 9.17) is 15.5 Å². The standard InChI is InChI=1S/C26H20N4O/c27-13-18-22(15-7-2-1-3-8-15)23-24(28)17-10-6-12-21(17)30-26(23)31-25(18)19-14-29-20-11-5-4-9-16(19)20/h1-5,7-9,11,14,22,29H,6,10,12H2,(H2,28,30). The van der Waals surface area contributed by atoms with Crippen LogP contribution in [0.3, 0.4) is 0 Å². The van der Waals surface area contributed by atoms with E-state index >= 15 is 0 Å². The average molecular weight is 404 g/mol. The van der Waals surface area contributed by atoms with Gasteiger partial charge < -0.3 is 15.5 Å². The highest BCUT2D eigenvalue weighted by Gasteiger charge is 2.37. The van der Waals surface area contributed by atoms with Gasteiger partial charge in [0.2, 0.25) is 5.88 Å². The maximum Gasteiger partial charge on any atom is 0.225 e. The van der Waals surface area contributed by atoms with Crippen LogP contribution in [0.5, 0.6) is 5.88 Å². The topological polar surface area (TPSA) is 87.7 Å². The van der Waals surface area contributed by atoms with Crippen LogP contribution in [0.2, 0.25) is 0 Å². The van der Waals surface area contributed by atoms with Gasteiger partial charge in [0.05, 0.1) is 23.1 Å². The first-order chi connectivity index (χ1) is 15.3. The number of H-pyrrole nitrogens is 1. The third-order valence-corrected chi connectivity index (χ3v) is 6.38. The molecule has 1 unspecified atom stereocenters. The van der Waals surface area contributed by atoms with E-state index in [-0.39, 0.29) is 5.92 Å². The smallest absolute Gasteiger partial charge is 0.225 e. The number of aryl methyl sites for hydroxylation is 1. The van der Waals surface area contributed by atoms with Crippen LogP contribution >= 0.6 is 0 Å². The average Bonchev–Trinajstić information content (AvgIpc) is 3.46. The summed E-state index contributed by atoms with van der Waals surface area (Å²) in [7, 11) is 0. The van der Waals surface area contributed by atoms with Gasteiger partial charge in [-0.3, -0.25) is 0 Å². The van der Waals surface area contributed by atoms with Crippen molar-refractivity contribution in [2.24, 2.45) is 0 Å². The van der Waals surface area contributed by atoms with Gasteiger partial charge in [-0.25, -0.2) is 4.98 Å². The first kappa shape index (κ1) is 17.8. The quantitative estimate of drug-likeness (QED) is 0.487. The Morgan fingerprint density at radius 3 is 2.71 bits per heavy atom. The van der Waals surface area contributed by atoms with Crippen LogP contribution in [0, 0.1) is 11.3 Å². The molecule has 2 aromatic carbocycles. The number of allylic oxidation sites excluding steroid dienone is 1. The van der Waals surface area contributed by atoms with Gasteiger partial charge in [0.1, 0.15) is 0 Å². The van der Waals surface area contributed by atoms with E-state index in [1.807, 2.05) is 60.8 Å². The summed E-state index contributed by atoms with van der Waals surface area (Å²) in [6, 6.07) is 20.5. The molecule has 2 aliphatic rings. The zero-order chi connectivity index (χ0) is 20.9. The van der Waals surface area contributed by atoms with Crippen molar-refractivity contribution in [3.05, 3.63) is 94.3 Å². The third-order valence-electron chi connectivity index (χ3n) is 6.38. The number of aromatic amines is 1. The molecule has 3 N–H and O–H groups in total. The molecule has 0 spiro atoms. The van der Waals surface area contributed by atoms with E-state index in [0.29, 0.717) is 17.2 Å². The molecule has 3 heterocycles. The van der Waals surface area contributed by atoms with Gasteiger partial charge in [0.15, 0.2) is 5.76 Å². The molecule has 0 bridgehead atoms. The Hall–Kier alpha value is -4.04. The van der Waals surface area contributed by atoms with Crippen molar-refractivity contribution in [2.45, 2.75) is 25.2 Å². The predicted molar refractivity (Wildman–Crippen MR) is 120 cm³/mol. The third kappa shape index (κ3) is 2.58. The van der Waals surface area contributed by atoms with E-state index in [1.165, 1.54) is 0 Å². The minimum absolute atomic E-state index is 0.322. The van der Waals surface area contributed by atoms with Crippen LogP contribution in [0.1, 0.15) is 40.3 Å². The molecule has 1 aliphatic carbocycles. The molecule has 150 valence electrons. The van der Waals surface area contributed by atoms with Gasteiger partial charge in [-0.2, -0.15) is 5.26 Å². The minimum atomic E-state index is -0.322. The molecule has 0 saturated carbocycles. The number of nitrogens with one attached hydrogen (secondary N) is 1. The van der Waals surface area contributed by atoms with E-state index < -0.39 is 0 Å².